The number of benzene rings is 1. The van der Waals surface area contributed by atoms with Crippen LogP contribution in [0.15, 0.2) is 30.3 Å². The van der Waals surface area contributed by atoms with Crippen molar-refractivity contribution in [3.05, 3.63) is 35.9 Å². The van der Waals surface area contributed by atoms with Crippen LogP contribution in [0.3, 0.4) is 0 Å². The molecule has 3 heteroatoms. The summed E-state index contributed by atoms with van der Waals surface area (Å²) in [5.74, 6) is 1.46. The lowest BCUT2D eigenvalue weighted by molar-refractivity contribution is -0.137. The van der Waals surface area contributed by atoms with Gasteiger partial charge < -0.3 is 5.11 Å². The Bertz CT molecular complexity index is 457. The van der Waals surface area contributed by atoms with Crippen molar-refractivity contribution in [1.29, 1.82) is 0 Å². The van der Waals surface area contributed by atoms with Gasteiger partial charge in [-0.2, -0.15) is 0 Å². The normalized spacial score (nSPS) is 11.5. The lowest BCUT2D eigenvalue weighted by atomic mass is 9.97. The van der Waals surface area contributed by atoms with E-state index in [-0.39, 0.29) is 18.1 Å². The molecule has 0 aliphatic heterocycles. The van der Waals surface area contributed by atoms with Crippen LogP contribution in [0.2, 0.25) is 0 Å². The summed E-state index contributed by atoms with van der Waals surface area (Å²) in [5.41, 5.74) is 1.01. The predicted molar refractivity (Wildman–Crippen MR) is 73.6 cm³/mol. The fourth-order valence-corrected chi connectivity index (χ4v) is 1.91. The van der Waals surface area contributed by atoms with Gasteiger partial charge in [0.05, 0.1) is 6.42 Å². The van der Waals surface area contributed by atoms with Crippen LogP contribution in [0.4, 0.5) is 0 Å². The van der Waals surface area contributed by atoms with E-state index in [2.05, 4.69) is 5.92 Å². The molecule has 0 saturated carbocycles. The molecule has 0 amide bonds. The molecule has 1 aromatic rings. The second-order valence-electron chi connectivity index (χ2n) is 4.55. The van der Waals surface area contributed by atoms with E-state index in [9.17, 15) is 9.59 Å². The van der Waals surface area contributed by atoms with E-state index in [1.165, 1.54) is 0 Å². The fraction of sp³-hybridized carbons (Fsp3) is 0.375. The molecule has 0 spiro atoms. The number of carboxylic acid groups (broad SMARTS) is 1. The van der Waals surface area contributed by atoms with Crippen LogP contribution in [-0.2, 0) is 16.0 Å². The number of rotatable bonds is 8. The van der Waals surface area contributed by atoms with Gasteiger partial charge in [-0.3, -0.25) is 9.59 Å². The van der Waals surface area contributed by atoms with Gasteiger partial charge >= 0.3 is 5.97 Å². The van der Waals surface area contributed by atoms with Crippen LogP contribution >= 0.6 is 0 Å². The summed E-state index contributed by atoms with van der Waals surface area (Å²) in [7, 11) is 0. The number of Topliss-reactive ketones (excluding diaryl/α,β-unsaturated/α-hetero) is 1. The molecule has 0 unspecified atom stereocenters. The highest BCUT2D eigenvalue weighted by Gasteiger charge is 2.11. The Kier molecular flexibility index (Phi) is 6.38. The monoisotopic (exact) mass is 258 g/mol. The van der Waals surface area contributed by atoms with Gasteiger partial charge in [0.1, 0.15) is 5.78 Å². The van der Waals surface area contributed by atoms with Gasteiger partial charge in [-0.25, -0.2) is 0 Å². The first-order valence-electron chi connectivity index (χ1n) is 6.35. The molecule has 1 atom stereocenters. The SMILES string of the molecule is C#C[C@@H](CCCC(=O)Cc1ccccc1)CC(=O)O. The average molecular weight is 258 g/mol. The van der Waals surface area contributed by atoms with Crippen molar-refractivity contribution >= 4 is 11.8 Å². The number of carbonyl (C=O) groups is 2. The average Bonchev–Trinajstić information content (AvgIpc) is 2.38. The largest absolute Gasteiger partial charge is 0.481 e. The van der Waals surface area contributed by atoms with E-state index in [1.54, 1.807) is 0 Å². The molecule has 0 fully saturated rings. The maximum absolute atomic E-state index is 11.7. The Morgan fingerprint density at radius 2 is 1.95 bits per heavy atom. The number of carboxylic acids is 1. The minimum Gasteiger partial charge on any atom is -0.481 e. The second-order valence-corrected chi connectivity index (χ2v) is 4.55. The van der Waals surface area contributed by atoms with Crippen LogP contribution in [-0.4, -0.2) is 16.9 Å². The standard InChI is InChI=1S/C16H18O3/c1-2-13(12-16(18)19)9-6-10-15(17)11-14-7-4-3-5-8-14/h1,3-5,7-8,13H,6,9-12H2,(H,18,19)/t13-/m0/s1. The van der Waals surface area contributed by atoms with E-state index >= 15 is 0 Å². The Hall–Kier alpha value is -2.08. The summed E-state index contributed by atoms with van der Waals surface area (Å²) >= 11 is 0. The van der Waals surface area contributed by atoms with Crippen molar-refractivity contribution in [2.75, 3.05) is 0 Å². The smallest absolute Gasteiger partial charge is 0.304 e. The topological polar surface area (TPSA) is 54.4 Å². The van der Waals surface area contributed by atoms with Gasteiger partial charge in [-0.05, 0) is 18.4 Å². The number of ketones is 1. The summed E-state index contributed by atoms with van der Waals surface area (Å²) in [6.45, 7) is 0. The van der Waals surface area contributed by atoms with Crippen molar-refractivity contribution in [1.82, 2.24) is 0 Å². The number of aliphatic carboxylic acids is 1. The molecule has 0 bridgehead atoms. The van der Waals surface area contributed by atoms with Gasteiger partial charge in [0, 0.05) is 18.8 Å². The van der Waals surface area contributed by atoms with Crippen molar-refractivity contribution in [3.8, 4) is 12.3 Å². The Balaban J connectivity index is 2.27. The Morgan fingerprint density at radius 3 is 2.53 bits per heavy atom. The number of hydrogen-bond acceptors (Lipinski definition) is 2. The van der Waals surface area contributed by atoms with Gasteiger partial charge in [0.15, 0.2) is 0 Å². The lowest BCUT2D eigenvalue weighted by Crippen LogP contribution is -2.08. The zero-order valence-corrected chi connectivity index (χ0v) is 10.8. The van der Waals surface area contributed by atoms with Crippen molar-refractivity contribution in [2.24, 2.45) is 5.92 Å². The van der Waals surface area contributed by atoms with Crippen molar-refractivity contribution in [2.45, 2.75) is 32.1 Å². The molecule has 100 valence electrons. The molecule has 0 aromatic heterocycles. The van der Waals surface area contributed by atoms with Gasteiger partial charge in [0.25, 0.3) is 0 Å². The first kappa shape index (κ1) is 15.0. The molecule has 3 nitrogen and oxygen atoms in total. The molecule has 0 radical (unpaired) electrons. The molecule has 1 rings (SSSR count). The van der Waals surface area contributed by atoms with E-state index in [0.717, 1.165) is 5.56 Å². The molecule has 0 heterocycles. The number of hydrogen-bond donors (Lipinski definition) is 1. The first-order valence-corrected chi connectivity index (χ1v) is 6.35. The Labute approximate surface area is 113 Å². The quantitative estimate of drug-likeness (QED) is 0.729. The van der Waals surface area contributed by atoms with Crippen LogP contribution in [0.5, 0.6) is 0 Å². The minimum absolute atomic E-state index is 0.0244. The first-order chi connectivity index (χ1) is 9.11. The summed E-state index contributed by atoms with van der Waals surface area (Å²) in [5, 5.41) is 8.66. The second kappa shape index (κ2) is 8.10. The molecule has 0 aliphatic rings. The fourth-order valence-electron chi connectivity index (χ4n) is 1.91. The number of carbonyl (C=O) groups excluding carboxylic acids is 1. The third-order valence-corrected chi connectivity index (χ3v) is 2.91. The third kappa shape index (κ3) is 6.42. The van der Waals surface area contributed by atoms with Crippen molar-refractivity contribution < 1.29 is 14.7 Å². The predicted octanol–water partition coefficient (Wildman–Crippen LogP) is 2.69. The van der Waals surface area contributed by atoms with Crippen LogP contribution in [0.25, 0.3) is 0 Å². The van der Waals surface area contributed by atoms with Gasteiger partial charge in [-0.15, -0.1) is 12.3 Å². The summed E-state index contributed by atoms with van der Waals surface area (Å²) in [4.78, 5) is 22.3. The third-order valence-electron chi connectivity index (χ3n) is 2.91. The molecule has 0 saturated heterocycles. The highest BCUT2D eigenvalue weighted by Crippen LogP contribution is 2.13. The summed E-state index contributed by atoms with van der Waals surface area (Å²) in [6.07, 6.45) is 7.35. The number of terminal acetylenes is 1. The maximum Gasteiger partial charge on any atom is 0.304 e. The summed E-state index contributed by atoms with van der Waals surface area (Å²) in [6, 6.07) is 9.57. The Morgan fingerprint density at radius 1 is 1.26 bits per heavy atom. The highest BCUT2D eigenvalue weighted by molar-refractivity contribution is 5.80. The van der Waals surface area contributed by atoms with E-state index < -0.39 is 5.97 Å². The van der Waals surface area contributed by atoms with Gasteiger partial charge in [-0.1, -0.05) is 30.3 Å². The zero-order chi connectivity index (χ0) is 14.1. The molecule has 0 aliphatic carbocycles. The molecular formula is C16H18O3. The zero-order valence-electron chi connectivity index (χ0n) is 10.8. The van der Waals surface area contributed by atoms with E-state index in [4.69, 9.17) is 11.5 Å². The van der Waals surface area contributed by atoms with E-state index in [0.29, 0.717) is 25.7 Å². The maximum atomic E-state index is 11.7. The van der Waals surface area contributed by atoms with Crippen LogP contribution in [0, 0.1) is 18.3 Å². The molecule has 1 aromatic carbocycles. The van der Waals surface area contributed by atoms with E-state index in [1.807, 2.05) is 30.3 Å². The minimum atomic E-state index is -0.890. The van der Waals surface area contributed by atoms with Gasteiger partial charge in [0.2, 0.25) is 0 Å². The molecule has 19 heavy (non-hydrogen) atoms. The van der Waals surface area contributed by atoms with Crippen molar-refractivity contribution in [3.63, 3.8) is 0 Å². The lowest BCUT2D eigenvalue weighted by Gasteiger charge is -2.07. The molecule has 1 N–H and O–H groups in total. The van der Waals surface area contributed by atoms with Crippen LogP contribution < -0.4 is 0 Å². The van der Waals surface area contributed by atoms with Crippen LogP contribution in [0.1, 0.15) is 31.2 Å². The highest BCUT2D eigenvalue weighted by atomic mass is 16.4. The molecular weight excluding hydrogens is 240 g/mol. The summed E-state index contributed by atoms with van der Waals surface area (Å²) < 4.78 is 0.